The number of benzene rings is 2. The van der Waals surface area contributed by atoms with E-state index in [4.69, 9.17) is 8.92 Å². The lowest BCUT2D eigenvalue weighted by molar-refractivity contribution is -0.147. The van der Waals surface area contributed by atoms with Crippen LogP contribution in [0.2, 0.25) is 0 Å². The molecule has 28 heavy (non-hydrogen) atoms. The fraction of sp³-hybridized carbons (Fsp3) is 0.381. The maximum Gasteiger partial charge on any atom is 0.323 e. The van der Waals surface area contributed by atoms with Crippen molar-refractivity contribution >= 4 is 16.1 Å². The molecular weight excluding hydrogens is 378 g/mol. The predicted molar refractivity (Wildman–Crippen MR) is 106 cm³/mol. The highest BCUT2D eigenvalue weighted by Crippen LogP contribution is 2.37. The van der Waals surface area contributed by atoms with Gasteiger partial charge in [-0.1, -0.05) is 60.7 Å². The van der Waals surface area contributed by atoms with Crippen LogP contribution < -0.4 is 5.32 Å². The van der Waals surface area contributed by atoms with Crippen LogP contribution in [0.15, 0.2) is 60.7 Å². The van der Waals surface area contributed by atoms with E-state index >= 15 is 0 Å². The van der Waals surface area contributed by atoms with Crippen molar-refractivity contribution in [2.75, 3.05) is 19.4 Å². The number of nitrogens with one attached hydrogen (secondary N) is 1. The highest BCUT2D eigenvalue weighted by Gasteiger charge is 2.43. The third-order valence-corrected chi connectivity index (χ3v) is 5.65. The van der Waals surface area contributed by atoms with Crippen LogP contribution in [0.5, 0.6) is 0 Å². The standard InChI is InChI=1S/C21H25NO5S/c1-28(24,25)27-13-12-21(18-10-6-3-7-11-18)14-19(22-16-21)20(23)26-15-17-8-4-2-5-9-17/h2-11,19,22H,12-16H2,1H3. The molecule has 0 aromatic heterocycles. The molecule has 6 nitrogen and oxygen atoms in total. The van der Waals surface area contributed by atoms with Crippen LogP contribution in [-0.2, 0) is 35.9 Å². The number of ether oxygens (including phenoxy) is 1. The Morgan fingerprint density at radius 3 is 2.39 bits per heavy atom. The highest BCUT2D eigenvalue weighted by molar-refractivity contribution is 7.85. The van der Waals surface area contributed by atoms with Crippen LogP contribution in [0, 0.1) is 0 Å². The van der Waals surface area contributed by atoms with Crippen molar-refractivity contribution < 1.29 is 22.1 Å². The van der Waals surface area contributed by atoms with E-state index in [0.29, 0.717) is 19.4 Å². The summed E-state index contributed by atoms with van der Waals surface area (Å²) in [4.78, 5) is 12.6. The second-order valence-corrected chi connectivity index (χ2v) is 8.80. The molecule has 0 spiro atoms. The van der Waals surface area contributed by atoms with Crippen LogP contribution in [-0.4, -0.2) is 39.8 Å². The largest absolute Gasteiger partial charge is 0.460 e. The van der Waals surface area contributed by atoms with Crippen LogP contribution in [0.25, 0.3) is 0 Å². The van der Waals surface area contributed by atoms with Gasteiger partial charge in [-0.05, 0) is 24.0 Å². The van der Waals surface area contributed by atoms with Gasteiger partial charge in [-0.3, -0.25) is 8.98 Å². The van der Waals surface area contributed by atoms with Crippen molar-refractivity contribution in [3.8, 4) is 0 Å². The molecule has 2 aromatic carbocycles. The molecule has 0 amide bonds. The molecule has 1 heterocycles. The first-order chi connectivity index (χ1) is 13.4. The molecule has 1 fully saturated rings. The van der Waals surface area contributed by atoms with E-state index in [9.17, 15) is 13.2 Å². The van der Waals surface area contributed by atoms with E-state index in [0.717, 1.165) is 17.4 Å². The van der Waals surface area contributed by atoms with Crippen molar-refractivity contribution in [1.29, 1.82) is 0 Å². The maximum absolute atomic E-state index is 12.6. The van der Waals surface area contributed by atoms with Gasteiger partial charge in [0.15, 0.2) is 0 Å². The predicted octanol–water partition coefficient (Wildman–Crippen LogP) is 2.40. The highest BCUT2D eigenvalue weighted by atomic mass is 32.2. The average molecular weight is 404 g/mol. The van der Waals surface area contributed by atoms with E-state index in [1.165, 1.54) is 0 Å². The van der Waals surface area contributed by atoms with Gasteiger partial charge >= 0.3 is 5.97 Å². The van der Waals surface area contributed by atoms with Gasteiger partial charge in [-0.25, -0.2) is 0 Å². The van der Waals surface area contributed by atoms with Crippen molar-refractivity contribution in [2.24, 2.45) is 0 Å². The molecule has 0 saturated carbocycles. The molecule has 3 rings (SSSR count). The molecule has 2 unspecified atom stereocenters. The molecule has 150 valence electrons. The maximum atomic E-state index is 12.6. The molecule has 2 aromatic rings. The molecule has 1 aliphatic heterocycles. The smallest absolute Gasteiger partial charge is 0.323 e. The Bertz CT molecular complexity index is 886. The Balaban J connectivity index is 1.67. The molecular formula is C21H25NO5S. The van der Waals surface area contributed by atoms with Crippen molar-refractivity contribution in [2.45, 2.75) is 30.9 Å². The molecule has 1 N–H and O–H groups in total. The Kier molecular flexibility index (Phi) is 6.49. The second-order valence-electron chi connectivity index (χ2n) is 7.15. The first-order valence-electron chi connectivity index (χ1n) is 9.22. The number of hydrogen-bond acceptors (Lipinski definition) is 6. The summed E-state index contributed by atoms with van der Waals surface area (Å²) in [5, 5.41) is 3.25. The number of hydrogen-bond donors (Lipinski definition) is 1. The first-order valence-corrected chi connectivity index (χ1v) is 11.0. The minimum atomic E-state index is -3.51. The third-order valence-electron chi connectivity index (χ3n) is 5.05. The summed E-state index contributed by atoms with van der Waals surface area (Å²) in [6, 6.07) is 18.9. The van der Waals surface area contributed by atoms with Crippen LogP contribution in [0.4, 0.5) is 0 Å². The second kappa shape index (κ2) is 8.86. The molecule has 2 atom stereocenters. The lowest BCUT2D eigenvalue weighted by Crippen LogP contribution is -2.32. The van der Waals surface area contributed by atoms with Crippen molar-refractivity contribution in [1.82, 2.24) is 5.32 Å². The van der Waals surface area contributed by atoms with Gasteiger partial charge in [0.1, 0.15) is 12.6 Å². The Morgan fingerprint density at radius 1 is 1.11 bits per heavy atom. The molecule has 0 radical (unpaired) electrons. The van der Waals surface area contributed by atoms with Crippen molar-refractivity contribution in [3.05, 3.63) is 71.8 Å². The normalized spacial score (nSPS) is 22.1. The van der Waals surface area contributed by atoms with Gasteiger partial charge in [-0.15, -0.1) is 0 Å². The van der Waals surface area contributed by atoms with Crippen LogP contribution in [0.3, 0.4) is 0 Å². The summed E-state index contributed by atoms with van der Waals surface area (Å²) < 4.78 is 33.1. The molecule has 0 aliphatic carbocycles. The fourth-order valence-electron chi connectivity index (χ4n) is 3.58. The minimum absolute atomic E-state index is 0.0706. The topological polar surface area (TPSA) is 81.7 Å². The molecule has 1 aliphatic rings. The molecule has 7 heteroatoms. The van der Waals surface area contributed by atoms with Gasteiger partial charge in [0.2, 0.25) is 0 Å². The molecule has 1 saturated heterocycles. The van der Waals surface area contributed by atoms with Gasteiger partial charge in [0, 0.05) is 12.0 Å². The Morgan fingerprint density at radius 2 is 1.75 bits per heavy atom. The summed E-state index contributed by atoms with van der Waals surface area (Å²) in [6.07, 6.45) is 2.05. The quantitative estimate of drug-likeness (QED) is 0.538. The number of rotatable bonds is 8. The number of esters is 1. The average Bonchev–Trinajstić information content (AvgIpc) is 3.12. The van der Waals surface area contributed by atoms with E-state index in [-0.39, 0.29) is 24.6 Å². The zero-order valence-corrected chi connectivity index (χ0v) is 16.7. The Hall–Kier alpha value is -2.22. The summed E-state index contributed by atoms with van der Waals surface area (Å²) in [5.41, 5.74) is 1.60. The molecule has 0 bridgehead atoms. The minimum Gasteiger partial charge on any atom is -0.460 e. The number of carbonyl (C=O) groups is 1. The summed E-state index contributed by atoms with van der Waals surface area (Å²) >= 11 is 0. The summed E-state index contributed by atoms with van der Waals surface area (Å²) in [5.74, 6) is -0.300. The van der Waals surface area contributed by atoms with Crippen LogP contribution >= 0.6 is 0 Å². The SMILES string of the molecule is CS(=O)(=O)OCCC1(c2ccccc2)CNC(C(=O)OCc2ccccc2)C1. The lowest BCUT2D eigenvalue weighted by atomic mass is 9.76. The van der Waals surface area contributed by atoms with E-state index in [2.05, 4.69) is 5.32 Å². The van der Waals surface area contributed by atoms with Gasteiger partial charge < -0.3 is 10.1 Å². The van der Waals surface area contributed by atoms with E-state index < -0.39 is 16.2 Å². The zero-order chi connectivity index (χ0) is 20.0. The van der Waals surface area contributed by atoms with Gasteiger partial charge in [0.05, 0.1) is 12.9 Å². The number of carbonyl (C=O) groups excluding carboxylic acids is 1. The van der Waals surface area contributed by atoms with E-state index in [1.54, 1.807) is 0 Å². The Labute approximate surface area is 166 Å². The van der Waals surface area contributed by atoms with Crippen molar-refractivity contribution in [3.63, 3.8) is 0 Å². The zero-order valence-electron chi connectivity index (χ0n) is 15.8. The summed E-state index contributed by atoms with van der Waals surface area (Å²) in [6.45, 7) is 0.851. The van der Waals surface area contributed by atoms with Crippen LogP contribution in [0.1, 0.15) is 24.0 Å². The third kappa shape index (κ3) is 5.41. The summed E-state index contributed by atoms with van der Waals surface area (Å²) in [7, 11) is -3.51. The van der Waals surface area contributed by atoms with E-state index in [1.807, 2.05) is 60.7 Å². The first kappa shape index (κ1) is 20.5. The van der Waals surface area contributed by atoms with Gasteiger partial charge in [-0.2, -0.15) is 8.42 Å². The van der Waals surface area contributed by atoms with Gasteiger partial charge in [0.25, 0.3) is 10.1 Å². The fourth-order valence-corrected chi connectivity index (χ4v) is 3.97. The lowest BCUT2D eigenvalue weighted by Gasteiger charge is -2.29. The monoisotopic (exact) mass is 403 g/mol.